The van der Waals surface area contributed by atoms with Gasteiger partial charge < -0.3 is 5.32 Å². The first-order chi connectivity index (χ1) is 7.17. The minimum atomic E-state index is -0.155. The summed E-state index contributed by atoms with van der Waals surface area (Å²) in [6, 6.07) is 7.86. The Morgan fingerprint density at radius 2 is 2.00 bits per heavy atom. The van der Waals surface area contributed by atoms with Gasteiger partial charge in [-0.1, -0.05) is 26.0 Å². The number of anilines is 1. The van der Waals surface area contributed by atoms with Crippen molar-refractivity contribution in [3.63, 3.8) is 0 Å². The zero-order valence-corrected chi connectivity index (χ0v) is 9.84. The third kappa shape index (κ3) is 3.56. The number of carbonyl (C=O) groups is 1. The van der Waals surface area contributed by atoms with Crippen molar-refractivity contribution >= 4 is 23.2 Å². The molecule has 0 bridgehead atoms. The highest BCUT2D eigenvalue weighted by molar-refractivity contribution is 6.19. The molecule has 1 N–H and O–H groups in total. The molecule has 0 spiro atoms. The lowest BCUT2D eigenvalue weighted by Crippen LogP contribution is -2.21. The largest absolute Gasteiger partial charge is 0.326 e. The first-order valence-corrected chi connectivity index (χ1v) is 5.66. The topological polar surface area (TPSA) is 29.1 Å². The molecule has 0 aliphatic rings. The molecule has 1 aromatic carbocycles. The molecule has 1 aromatic rings. The van der Waals surface area contributed by atoms with Crippen LogP contribution in [0, 0.1) is 5.92 Å². The SMILES string of the molecule is CCc1ccc(NC(=O)C(C)CCl)cc1. The summed E-state index contributed by atoms with van der Waals surface area (Å²) in [6.07, 6.45) is 1.01. The van der Waals surface area contributed by atoms with Crippen LogP contribution < -0.4 is 5.32 Å². The van der Waals surface area contributed by atoms with Crippen LogP contribution in [-0.4, -0.2) is 11.8 Å². The van der Waals surface area contributed by atoms with Gasteiger partial charge >= 0.3 is 0 Å². The number of alkyl halides is 1. The molecule has 0 aliphatic carbocycles. The zero-order valence-electron chi connectivity index (χ0n) is 9.09. The number of carbonyl (C=O) groups excluding carboxylic acids is 1. The Morgan fingerprint density at radius 1 is 1.40 bits per heavy atom. The van der Waals surface area contributed by atoms with Crippen molar-refractivity contribution in [2.75, 3.05) is 11.2 Å². The lowest BCUT2D eigenvalue weighted by atomic mass is 10.1. The predicted octanol–water partition coefficient (Wildman–Crippen LogP) is 3.06. The van der Waals surface area contributed by atoms with E-state index in [4.69, 9.17) is 11.6 Å². The number of benzene rings is 1. The molecule has 0 aliphatic heterocycles. The molecule has 3 heteroatoms. The van der Waals surface area contributed by atoms with Crippen LogP contribution >= 0.6 is 11.6 Å². The van der Waals surface area contributed by atoms with Crippen LogP contribution in [0.5, 0.6) is 0 Å². The smallest absolute Gasteiger partial charge is 0.228 e. The van der Waals surface area contributed by atoms with E-state index in [9.17, 15) is 4.79 Å². The van der Waals surface area contributed by atoms with E-state index in [1.165, 1.54) is 5.56 Å². The summed E-state index contributed by atoms with van der Waals surface area (Å²) in [7, 11) is 0. The highest BCUT2D eigenvalue weighted by Gasteiger charge is 2.10. The van der Waals surface area contributed by atoms with E-state index in [0.717, 1.165) is 12.1 Å². The van der Waals surface area contributed by atoms with E-state index in [2.05, 4.69) is 12.2 Å². The first kappa shape index (κ1) is 12.1. The second-order valence-electron chi connectivity index (χ2n) is 3.60. The van der Waals surface area contributed by atoms with Crippen LogP contribution in [0.25, 0.3) is 0 Å². The standard InChI is InChI=1S/C12H16ClNO/c1-3-10-4-6-11(7-5-10)14-12(15)9(2)8-13/h4-7,9H,3,8H2,1-2H3,(H,14,15). The maximum absolute atomic E-state index is 11.5. The molecule has 1 amide bonds. The third-order valence-corrected chi connectivity index (χ3v) is 2.77. The average Bonchev–Trinajstić information content (AvgIpc) is 2.29. The second kappa shape index (κ2) is 5.76. The van der Waals surface area contributed by atoms with Crippen molar-refractivity contribution in [3.05, 3.63) is 29.8 Å². The monoisotopic (exact) mass is 225 g/mol. The summed E-state index contributed by atoms with van der Waals surface area (Å²) in [6.45, 7) is 3.91. The van der Waals surface area contributed by atoms with Gasteiger partial charge in [0.15, 0.2) is 0 Å². The van der Waals surface area contributed by atoms with Gasteiger partial charge in [-0.3, -0.25) is 4.79 Å². The first-order valence-electron chi connectivity index (χ1n) is 5.13. The van der Waals surface area contributed by atoms with Gasteiger partial charge in [0.2, 0.25) is 5.91 Å². The fraction of sp³-hybridized carbons (Fsp3) is 0.417. The molecule has 0 aromatic heterocycles. The normalized spacial score (nSPS) is 12.2. The molecule has 1 rings (SSSR count). The van der Waals surface area contributed by atoms with Crippen molar-refractivity contribution in [1.29, 1.82) is 0 Å². The summed E-state index contributed by atoms with van der Waals surface area (Å²) in [5, 5.41) is 2.82. The number of hydrogen-bond acceptors (Lipinski definition) is 1. The number of nitrogens with one attached hydrogen (secondary N) is 1. The van der Waals surface area contributed by atoms with E-state index >= 15 is 0 Å². The van der Waals surface area contributed by atoms with Gasteiger partial charge in [0.25, 0.3) is 0 Å². The van der Waals surface area contributed by atoms with Gasteiger partial charge in [0.1, 0.15) is 0 Å². The van der Waals surface area contributed by atoms with E-state index in [0.29, 0.717) is 5.88 Å². The van der Waals surface area contributed by atoms with Crippen LogP contribution in [0.1, 0.15) is 19.4 Å². The van der Waals surface area contributed by atoms with Crippen molar-refractivity contribution < 1.29 is 4.79 Å². The molecule has 0 saturated heterocycles. The van der Waals surface area contributed by atoms with Crippen LogP contribution in [0.3, 0.4) is 0 Å². The van der Waals surface area contributed by atoms with Crippen LogP contribution in [0.4, 0.5) is 5.69 Å². The summed E-state index contributed by atoms with van der Waals surface area (Å²) >= 11 is 5.60. The molecule has 1 unspecified atom stereocenters. The molecule has 0 heterocycles. The molecule has 0 radical (unpaired) electrons. The molecular formula is C12H16ClNO. The lowest BCUT2D eigenvalue weighted by Gasteiger charge is -2.09. The van der Waals surface area contributed by atoms with Crippen LogP contribution in [0.15, 0.2) is 24.3 Å². The molecule has 15 heavy (non-hydrogen) atoms. The Bertz CT molecular complexity index is 321. The second-order valence-corrected chi connectivity index (χ2v) is 3.90. The van der Waals surface area contributed by atoms with Gasteiger partial charge in [-0.2, -0.15) is 0 Å². The third-order valence-electron chi connectivity index (χ3n) is 2.31. The highest BCUT2D eigenvalue weighted by Crippen LogP contribution is 2.11. The average molecular weight is 226 g/mol. The van der Waals surface area contributed by atoms with Gasteiger partial charge in [-0.25, -0.2) is 0 Å². The van der Waals surface area contributed by atoms with Crippen LogP contribution in [-0.2, 0) is 11.2 Å². The van der Waals surface area contributed by atoms with E-state index in [1.807, 2.05) is 31.2 Å². The van der Waals surface area contributed by atoms with Gasteiger partial charge in [-0.05, 0) is 24.1 Å². The van der Waals surface area contributed by atoms with E-state index < -0.39 is 0 Å². The summed E-state index contributed by atoms with van der Waals surface area (Å²) in [4.78, 5) is 11.5. The molecular weight excluding hydrogens is 210 g/mol. The Balaban J connectivity index is 2.61. The summed E-state index contributed by atoms with van der Waals surface area (Å²) < 4.78 is 0. The quantitative estimate of drug-likeness (QED) is 0.784. The number of rotatable bonds is 4. The molecule has 0 fully saturated rings. The Hall–Kier alpha value is -1.02. The van der Waals surface area contributed by atoms with E-state index in [1.54, 1.807) is 0 Å². The fourth-order valence-electron chi connectivity index (χ4n) is 1.16. The molecule has 2 nitrogen and oxygen atoms in total. The summed E-state index contributed by atoms with van der Waals surface area (Å²) in [5.41, 5.74) is 2.09. The fourth-order valence-corrected chi connectivity index (χ4v) is 1.30. The van der Waals surface area contributed by atoms with Gasteiger partial charge in [-0.15, -0.1) is 11.6 Å². The van der Waals surface area contributed by atoms with Crippen molar-refractivity contribution in [3.8, 4) is 0 Å². The number of halogens is 1. The minimum absolute atomic E-state index is 0.0331. The number of hydrogen-bond donors (Lipinski definition) is 1. The lowest BCUT2D eigenvalue weighted by molar-refractivity contribution is -0.118. The zero-order chi connectivity index (χ0) is 11.3. The molecule has 0 saturated carbocycles. The van der Waals surface area contributed by atoms with Gasteiger partial charge in [0, 0.05) is 17.5 Å². The van der Waals surface area contributed by atoms with Crippen molar-refractivity contribution in [2.45, 2.75) is 20.3 Å². The number of aryl methyl sites for hydroxylation is 1. The van der Waals surface area contributed by atoms with Crippen molar-refractivity contribution in [2.24, 2.45) is 5.92 Å². The maximum Gasteiger partial charge on any atom is 0.228 e. The summed E-state index contributed by atoms with van der Waals surface area (Å²) in [5.74, 6) is 0.158. The number of amides is 1. The highest BCUT2D eigenvalue weighted by atomic mass is 35.5. The Kier molecular flexibility index (Phi) is 4.63. The van der Waals surface area contributed by atoms with E-state index in [-0.39, 0.29) is 11.8 Å². The molecule has 82 valence electrons. The molecule has 1 atom stereocenters. The Labute approximate surface area is 95.6 Å². The van der Waals surface area contributed by atoms with Gasteiger partial charge in [0.05, 0.1) is 0 Å². The predicted molar refractivity (Wildman–Crippen MR) is 64.3 cm³/mol. The van der Waals surface area contributed by atoms with Crippen LogP contribution in [0.2, 0.25) is 0 Å². The van der Waals surface area contributed by atoms with Crippen molar-refractivity contribution in [1.82, 2.24) is 0 Å². The Morgan fingerprint density at radius 3 is 2.47 bits per heavy atom. The minimum Gasteiger partial charge on any atom is -0.326 e. The maximum atomic E-state index is 11.5.